The molecule has 0 bridgehead atoms. The molecular weight excluding hydrogens is 252 g/mol. The van der Waals surface area contributed by atoms with Crippen LogP contribution in [0.2, 0.25) is 0 Å². The maximum absolute atomic E-state index is 9.65. The molecule has 4 heteroatoms. The minimum Gasteiger partial charge on any atom is -0.393 e. The summed E-state index contributed by atoms with van der Waals surface area (Å²) in [6.07, 6.45) is 3.76. The first-order chi connectivity index (χ1) is 9.83. The number of hydrogen-bond donors (Lipinski definition) is 2. The Labute approximate surface area is 120 Å². The average Bonchev–Trinajstić information content (AvgIpc) is 2.50. The van der Waals surface area contributed by atoms with Crippen molar-refractivity contribution in [3.8, 4) is 0 Å². The summed E-state index contributed by atoms with van der Waals surface area (Å²) >= 11 is 0. The number of aliphatic hydroxyl groups excluding tert-OH is 1. The van der Waals surface area contributed by atoms with Crippen molar-refractivity contribution in [2.75, 3.05) is 36.5 Å². The van der Waals surface area contributed by atoms with Crippen LogP contribution in [0.15, 0.2) is 24.3 Å². The maximum atomic E-state index is 9.65. The quantitative estimate of drug-likeness (QED) is 0.888. The van der Waals surface area contributed by atoms with Crippen molar-refractivity contribution in [2.45, 2.75) is 37.8 Å². The first-order valence-corrected chi connectivity index (χ1v) is 7.69. The normalized spacial score (nSPS) is 21.9. The summed E-state index contributed by atoms with van der Waals surface area (Å²) in [5, 5.41) is 13.3. The van der Waals surface area contributed by atoms with Gasteiger partial charge in [-0.05, 0) is 37.8 Å². The molecule has 0 atom stereocenters. The van der Waals surface area contributed by atoms with Gasteiger partial charge in [-0.1, -0.05) is 12.1 Å². The minimum absolute atomic E-state index is 0.123. The fourth-order valence-electron chi connectivity index (χ4n) is 3.04. The van der Waals surface area contributed by atoms with Crippen molar-refractivity contribution in [1.29, 1.82) is 0 Å². The Balaban J connectivity index is 1.70. The van der Waals surface area contributed by atoms with Crippen LogP contribution in [-0.2, 0) is 4.74 Å². The van der Waals surface area contributed by atoms with Crippen molar-refractivity contribution < 1.29 is 9.84 Å². The number of aliphatic hydroxyl groups is 1. The molecule has 3 rings (SSSR count). The molecule has 2 saturated heterocycles. The van der Waals surface area contributed by atoms with Gasteiger partial charge in [0, 0.05) is 32.3 Å². The average molecular weight is 276 g/mol. The van der Waals surface area contributed by atoms with Gasteiger partial charge in [-0.2, -0.15) is 0 Å². The van der Waals surface area contributed by atoms with Crippen LogP contribution in [0, 0.1) is 0 Å². The summed E-state index contributed by atoms with van der Waals surface area (Å²) in [4.78, 5) is 2.38. The van der Waals surface area contributed by atoms with E-state index in [9.17, 15) is 5.11 Å². The van der Waals surface area contributed by atoms with Crippen LogP contribution in [0.4, 0.5) is 11.4 Å². The first kappa shape index (κ1) is 13.7. The molecule has 2 heterocycles. The van der Waals surface area contributed by atoms with E-state index in [2.05, 4.69) is 34.5 Å². The van der Waals surface area contributed by atoms with Crippen LogP contribution in [-0.4, -0.2) is 43.6 Å². The molecule has 0 amide bonds. The standard InChI is InChI=1S/C16H24N2O2/c19-14-5-9-18(10-6-14)16-4-2-1-3-15(16)17-13-7-11-20-12-8-13/h1-4,13-14,17,19H,5-12H2. The second kappa shape index (κ2) is 6.46. The van der Waals surface area contributed by atoms with Crippen LogP contribution in [0.1, 0.15) is 25.7 Å². The number of anilines is 2. The zero-order valence-corrected chi connectivity index (χ0v) is 11.9. The molecule has 20 heavy (non-hydrogen) atoms. The van der Waals surface area contributed by atoms with E-state index in [4.69, 9.17) is 4.74 Å². The predicted octanol–water partition coefficient (Wildman–Crippen LogP) is 2.24. The van der Waals surface area contributed by atoms with Crippen LogP contribution >= 0.6 is 0 Å². The third-order valence-corrected chi connectivity index (χ3v) is 4.29. The summed E-state index contributed by atoms with van der Waals surface area (Å²) in [6.45, 7) is 3.59. The molecule has 2 N–H and O–H groups in total. The number of hydrogen-bond acceptors (Lipinski definition) is 4. The van der Waals surface area contributed by atoms with E-state index in [1.165, 1.54) is 11.4 Å². The van der Waals surface area contributed by atoms with Crippen molar-refractivity contribution in [3.63, 3.8) is 0 Å². The van der Waals surface area contributed by atoms with E-state index in [1.54, 1.807) is 0 Å². The lowest BCUT2D eigenvalue weighted by Gasteiger charge is -2.34. The Morgan fingerprint density at radius 2 is 1.75 bits per heavy atom. The van der Waals surface area contributed by atoms with Crippen molar-refractivity contribution in [3.05, 3.63) is 24.3 Å². The number of para-hydroxylation sites is 2. The van der Waals surface area contributed by atoms with Gasteiger partial charge in [-0.25, -0.2) is 0 Å². The Kier molecular flexibility index (Phi) is 4.43. The van der Waals surface area contributed by atoms with Crippen LogP contribution < -0.4 is 10.2 Å². The minimum atomic E-state index is -0.123. The molecule has 1 aromatic rings. The molecule has 0 spiro atoms. The number of nitrogens with zero attached hydrogens (tertiary/aromatic N) is 1. The maximum Gasteiger partial charge on any atom is 0.0602 e. The molecule has 1 aromatic carbocycles. The van der Waals surface area contributed by atoms with Gasteiger partial charge < -0.3 is 20.1 Å². The molecule has 0 unspecified atom stereocenters. The summed E-state index contributed by atoms with van der Waals surface area (Å²) in [6, 6.07) is 9.04. The highest BCUT2D eigenvalue weighted by molar-refractivity contribution is 5.70. The summed E-state index contributed by atoms with van der Waals surface area (Å²) in [5.41, 5.74) is 2.49. The summed E-state index contributed by atoms with van der Waals surface area (Å²) in [5.74, 6) is 0. The highest BCUT2D eigenvalue weighted by Crippen LogP contribution is 2.29. The summed E-state index contributed by atoms with van der Waals surface area (Å²) in [7, 11) is 0. The highest BCUT2D eigenvalue weighted by atomic mass is 16.5. The topological polar surface area (TPSA) is 44.7 Å². The molecule has 2 aliphatic heterocycles. The predicted molar refractivity (Wildman–Crippen MR) is 81.4 cm³/mol. The molecule has 0 aromatic heterocycles. The van der Waals surface area contributed by atoms with Crippen molar-refractivity contribution in [2.24, 2.45) is 0 Å². The van der Waals surface area contributed by atoms with Crippen molar-refractivity contribution >= 4 is 11.4 Å². The third kappa shape index (κ3) is 3.25. The number of rotatable bonds is 3. The molecular formula is C16H24N2O2. The Bertz CT molecular complexity index is 424. The second-order valence-corrected chi connectivity index (χ2v) is 5.77. The monoisotopic (exact) mass is 276 g/mol. The Morgan fingerprint density at radius 3 is 2.50 bits per heavy atom. The van der Waals surface area contributed by atoms with Crippen LogP contribution in [0.5, 0.6) is 0 Å². The Hall–Kier alpha value is -1.26. The SMILES string of the molecule is OC1CCN(c2ccccc2NC2CCOCC2)CC1. The molecule has 0 saturated carbocycles. The van der Waals surface area contributed by atoms with E-state index >= 15 is 0 Å². The van der Waals surface area contributed by atoms with Crippen LogP contribution in [0.3, 0.4) is 0 Å². The second-order valence-electron chi connectivity index (χ2n) is 5.77. The fourth-order valence-corrected chi connectivity index (χ4v) is 3.04. The number of nitrogens with one attached hydrogen (secondary N) is 1. The van der Waals surface area contributed by atoms with Gasteiger partial charge in [-0.15, -0.1) is 0 Å². The molecule has 4 nitrogen and oxygen atoms in total. The molecule has 0 radical (unpaired) electrons. The first-order valence-electron chi connectivity index (χ1n) is 7.69. The van der Waals surface area contributed by atoms with Gasteiger partial charge in [0.05, 0.1) is 17.5 Å². The lowest BCUT2D eigenvalue weighted by molar-refractivity contribution is 0.0904. The molecule has 2 fully saturated rings. The molecule has 0 aliphatic carbocycles. The highest BCUT2D eigenvalue weighted by Gasteiger charge is 2.20. The number of benzene rings is 1. The Morgan fingerprint density at radius 1 is 1.05 bits per heavy atom. The van der Waals surface area contributed by atoms with E-state index in [1.807, 2.05) is 0 Å². The van der Waals surface area contributed by atoms with Gasteiger partial charge in [-0.3, -0.25) is 0 Å². The van der Waals surface area contributed by atoms with Crippen LogP contribution in [0.25, 0.3) is 0 Å². The van der Waals surface area contributed by atoms with E-state index < -0.39 is 0 Å². The molecule has 2 aliphatic rings. The smallest absolute Gasteiger partial charge is 0.0602 e. The zero-order valence-electron chi connectivity index (χ0n) is 11.9. The van der Waals surface area contributed by atoms with Crippen molar-refractivity contribution in [1.82, 2.24) is 0 Å². The lowest BCUT2D eigenvalue weighted by Crippen LogP contribution is -2.36. The third-order valence-electron chi connectivity index (χ3n) is 4.29. The van der Waals surface area contributed by atoms with E-state index in [0.29, 0.717) is 6.04 Å². The number of piperidine rings is 1. The van der Waals surface area contributed by atoms with Gasteiger partial charge in [0.15, 0.2) is 0 Å². The van der Waals surface area contributed by atoms with Gasteiger partial charge in [0.25, 0.3) is 0 Å². The van der Waals surface area contributed by atoms with E-state index in [-0.39, 0.29) is 6.10 Å². The van der Waals surface area contributed by atoms with Gasteiger partial charge in [0.2, 0.25) is 0 Å². The lowest BCUT2D eigenvalue weighted by atomic mass is 10.1. The van der Waals surface area contributed by atoms with Gasteiger partial charge in [0.1, 0.15) is 0 Å². The molecule has 110 valence electrons. The fraction of sp³-hybridized carbons (Fsp3) is 0.625. The number of ether oxygens (including phenoxy) is 1. The van der Waals surface area contributed by atoms with E-state index in [0.717, 1.165) is 52.0 Å². The van der Waals surface area contributed by atoms with Gasteiger partial charge >= 0.3 is 0 Å². The zero-order chi connectivity index (χ0) is 13.8. The summed E-state index contributed by atoms with van der Waals surface area (Å²) < 4.78 is 5.42. The largest absolute Gasteiger partial charge is 0.393 e.